The predicted molar refractivity (Wildman–Crippen MR) is 68.0 cm³/mol. The largest absolute Gasteiger partial charge is 0.481 e. The molecule has 3 nitrogen and oxygen atoms in total. The van der Waals surface area contributed by atoms with Crippen LogP contribution in [0.4, 0.5) is 0 Å². The van der Waals surface area contributed by atoms with E-state index < -0.39 is 5.97 Å². The Morgan fingerprint density at radius 2 is 1.94 bits per heavy atom. The highest BCUT2D eigenvalue weighted by molar-refractivity contribution is 5.67. The number of likely N-dealkylation sites (tertiary alicyclic amines) is 1. The third-order valence-electron chi connectivity index (χ3n) is 4.75. The van der Waals surface area contributed by atoms with Crippen molar-refractivity contribution >= 4 is 5.97 Å². The van der Waals surface area contributed by atoms with Crippen molar-refractivity contribution in [1.82, 2.24) is 4.90 Å². The molecule has 3 heteroatoms. The number of hydrogen-bond acceptors (Lipinski definition) is 2. The fraction of sp³-hybridized carbons (Fsp3) is 0.929. The lowest BCUT2D eigenvalue weighted by Gasteiger charge is -2.41. The summed E-state index contributed by atoms with van der Waals surface area (Å²) in [7, 11) is 0. The average Bonchev–Trinajstić information content (AvgIpc) is 2.58. The third kappa shape index (κ3) is 3.01. The average molecular weight is 239 g/mol. The molecule has 1 atom stereocenters. The fourth-order valence-electron chi connectivity index (χ4n) is 3.70. The highest BCUT2D eigenvalue weighted by Gasteiger charge is 2.39. The molecule has 17 heavy (non-hydrogen) atoms. The van der Waals surface area contributed by atoms with E-state index in [0.717, 1.165) is 32.0 Å². The number of carboxylic acids is 1. The Balaban J connectivity index is 1.85. The molecule has 1 unspecified atom stereocenters. The van der Waals surface area contributed by atoms with E-state index in [4.69, 9.17) is 5.11 Å². The quantitative estimate of drug-likeness (QED) is 0.823. The Morgan fingerprint density at radius 1 is 1.29 bits per heavy atom. The van der Waals surface area contributed by atoms with Crippen molar-refractivity contribution in [3.8, 4) is 0 Å². The molecule has 2 rings (SSSR count). The number of hydrogen-bond donors (Lipinski definition) is 1. The van der Waals surface area contributed by atoms with Crippen molar-refractivity contribution in [2.24, 2.45) is 11.3 Å². The van der Waals surface area contributed by atoms with Crippen LogP contribution in [0.3, 0.4) is 0 Å². The first kappa shape index (κ1) is 12.9. The van der Waals surface area contributed by atoms with E-state index in [9.17, 15) is 4.79 Å². The first-order valence-corrected chi connectivity index (χ1v) is 6.95. The van der Waals surface area contributed by atoms with Crippen LogP contribution in [0.1, 0.15) is 52.4 Å². The third-order valence-corrected chi connectivity index (χ3v) is 4.75. The second-order valence-corrected chi connectivity index (χ2v) is 6.47. The number of aliphatic carboxylic acids is 1. The lowest BCUT2D eigenvalue weighted by atomic mass is 9.84. The van der Waals surface area contributed by atoms with Crippen LogP contribution in [0.2, 0.25) is 0 Å². The van der Waals surface area contributed by atoms with E-state index in [1.54, 1.807) is 0 Å². The number of carboxylic acid groups (broad SMARTS) is 1. The normalized spacial score (nSPS) is 30.6. The van der Waals surface area contributed by atoms with Gasteiger partial charge in [0.2, 0.25) is 0 Å². The summed E-state index contributed by atoms with van der Waals surface area (Å²) in [5.74, 6) is -0.224. The maximum absolute atomic E-state index is 10.7. The van der Waals surface area contributed by atoms with E-state index in [1.807, 2.05) is 0 Å². The molecule has 0 spiro atoms. The zero-order valence-corrected chi connectivity index (χ0v) is 11.1. The molecule has 1 aliphatic carbocycles. The van der Waals surface area contributed by atoms with Crippen LogP contribution in [0.5, 0.6) is 0 Å². The van der Waals surface area contributed by atoms with Crippen LogP contribution in [-0.2, 0) is 4.79 Å². The first-order valence-electron chi connectivity index (χ1n) is 6.95. The Morgan fingerprint density at radius 3 is 2.41 bits per heavy atom. The molecule has 0 aromatic rings. The highest BCUT2D eigenvalue weighted by Crippen LogP contribution is 2.41. The van der Waals surface area contributed by atoms with Gasteiger partial charge in [-0.3, -0.25) is 9.69 Å². The maximum atomic E-state index is 10.7. The highest BCUT2D eigenvalue weighted by atomic mass is 16.4. The van der Waals surface area contributed by atoms with Crippen molar-refractivity contribution in [3.63, 3.8) is 0 Å². The summed E-state index contributed by atoms with van der Waals surface area (Å²) in [6.07, 6.45) is 6.52. The minimum Gasteiger partial charge on any atom is -0.481 e. The number of carbonyl (C=O) groups is 1. The van der Waals surface area contributed by atoms with Gasteiger partial charge in [-0.1, -0.05) is 20.3 Å². The van der Waals surface area contributed by atoms with Gasteiger partial charge in [-0.25, -0.2) is 0 Å². The van der Waals surface area contributed by atoms with Crippen LogP contribution < -0.4 is 0 Å². The fourth-order valence-corrected chi connectivity index (χ4v) is 3.70. The van der Waals surface area contributed by atoms with E-state index in [-0.39, 0.29) is 0 Å². The van der Waals surface area contributed by atoms with Crippen LogP contribution in [0, 0.1) is 11.3 Å². The smallest absolute Gasteiger partial charge is 0.303 e. The molecular weight excluding hydrogens is 214 g/mol. The van der Waals surface area contributed by atoms with Crippen molar-refractivity contribution in [2.45, 2.75) is 58.4 Å². The summed E-state index contributed by atoms with van der Waals surface area (Å²) in [5, 5.41) is 8.81. The monoisotopic (exact) mass is 239 g/mol. The second kappa shape index (κ2) is 4.97. The minimum atomic E-state index is -0.635. The molecule has 0 bridgehead atoms. The Labute approximate surface area is 104 Å². The molecule has 1 heterocycles. The van der Waals surface area contributed by atoms with Crippen LogP contribution in [0.15, 0.2) is 0 Å². The van der Waals surface area contributed by atoms with E-state index >= 15 is 0 Å². The Kier molecular flexibility index (Phi) is 3.76. The van der Waals surface area contributed by atoms with Crippen molar-refractivity contribution < 1.29 is 9.90 Å². The van der Waals surface area contributed by atoms with Gasteiger partial charge in [0.1, 0.15) is 0 Å². The van der Waals surface area contributed by atoms with Gasteiger partial charge in [0.25, 0.3) is 0 Å². The maximum Gasteiger partial charge on any atom is 0.303 e. The molecular formula is C14H25NO2. The van der Waals surface area contributed by atoms with Gasteiger partial charge in [0, 0.05) is 12.5 Å². The predicted octanol–water partition coefficient (Wildman–Crippen LogP) is 2.75. The Hall–Kier alpha value is -0.570. The molecule has 2 aliphatic rings. The van der Waals surface area contributed by atoms with E-state index in [2.05, 4.69) is 18.7 Å². The summed E-state index contributed by atoms with van der Waals surface area (Å²) in [6, 6.07) is 0.730. The van der Waals surface area contributed by atoms with Gasteiger partial charge in [-0.15, -0.1) is 0 Å². The van der Waals surface area contributed by atoms with Gasteiger partial charge in [-0.05, 0) is 50.1 Å². The first-order chi connectivity index (χ1) is 7.99. The topological polar surface area (TPSA) is 40.5 Å². The summed E-state index contributed by atoms with van der Waals surface area (Å²) in [4.78, 5) is 13.3. The number of piperidine rings is 1. The van der Waals surface area contributed by atoms with Gasteiger partial charge in [0.15, 0.2) is 0 Å². The lowest BCUT2D eigenvalue weighted by molar-refractivity contribution is -0.138. The van der Waals surface area contributed by atoms with Gasteiger partial charge >= 0.3 is 5.97 Å². The van der Waals surface area contributed by atoms with E-state index in [1.165, 1.54) is 19.3 Å². The minimum absolute atomic E-state index is 0.363. The molecule has 2 fully saturated rings. The second-order valence-electron chi connectivity index (χ2n) is 6.47. The standard InChI is InChI=1S/C14H25NO2/c1-14(2)7-3-4-12(14)15-8-5-11(6-9-15)10-13(16)17/h11-12H,3-10H2,1-2H3,(H,16,17). The summed E-state index contributed by atoms with van der Waals surface area (Å²) in [6.45, 7) is 6.97. The molecule has 0 aromatic heterocycles. The van der Waals surface area contributed by atoms with E-state index in [0.29, 0.717) is 17.8 Å². The van der Waals surface area contributed by atoms with Crippen molar-refractivity contribution in [3.05, 3.63) is 0 Å². The number of nitrogens with zero attached hydrogens (tertiary/aromatic N) is 1. The van der Waals surface area contributed by atoms with Crippen LogP contribution in [0.25, 0.3) is 0 Å². The molecule has 0 aromatic carbocycles. The molecule has 0 amide bonds. The van der Waals surface area contributed by atoms with Crippen LogP contribution >= 0.6 is 0 Å². The molecule has 1 saturated heterocycles. The molecule has 0 radical (unpaired) electrons. The van der Waals surface area contributed by atoms with Crippen molar-refractivity contribution in [2.75, 3.05) is 13.1 Å². The summed E-state index contributed by atoms with van der Waals surface area (Å²) >= 11 is 0. The van der Waals surface area contributed by atoms with Crippen LogP contribution in [-0.4, -0.2) is 35.1 Å². The lowest BCUT2D eigenvalue weighted by Crippen LogP contribution is -2.46. The summed E-state index contributed by atoms with van der Waals surface area (Å²) < 4.78 is 0. The zero-order chi connectivity index (χ0) is 12.5. The Bertz CT molecular complexity index is 280. The van der Waals surface area contributed by atoms with Crippen molar-refractivity contribution in [1.29, 1.82) is 0 Å². The molecule has 1 aliphatic heterocycles. The molecule has 1 N–H and O–H groups in total. The molecule has 98 valence electrons. The molecule has 1 saturated carbocycles. The van der Waals surface area contributed by atoms with Gasteiger partial charge in [-0.2, -0.15) is 0 Å². The van der Waals surface area contributed by atoms with Gasteiger partial charge in [0.05, 0.1) is 0 Å². The zero-order valence-electron chi connectivity index (χ0n) is 11.1. The SMILES string of the molecule is CC1(C)CCCC1N1CCC(CC(=O)O)CC1. The number of rotatable bonds is 3. The van der Waals surface area contributed by atoms with Gasteiger partial charge < -0.3 is 5.11 Å². The summed E-state index contributed by atoms with van der Waals surface area (Å²) in [5.41, 5.74) is 0.458.